The molecule has 0 aromatic heterocycles. The van der Waals surface area contributed by atoms with Gasteiger partial charge < -0.3 is 10.1 Å². The first-order valence-electron chi connectivity index (χ1n) is 8.65. The van der Waals surface area contributed by atoms with E-state index < -0.39 is 26.9 Å². The van der Waals surface area contributed by atoms with Crippen molar-refractivity contribution in [1.29, 1.82) is 0 Å². The van der Waals surface area contributed by atoms with Crippen LogP contribution in [0.15, 0.2) is 36.4 Å². The van der Waals surface area contributed by atoms with Crippen LogP contribution in [0.5, 0.6) is 5.75 Å². The summed E-state index contributed by atoms with van der Waals surface area (Å²) in [5.41, 5.74) is 1.90. The quantitative estimate of drug-likeness (QED) is 0.542. The van der Waals surface area contributed by atoms with Crippen molar-refractivity contribution in [3.63, 3.8) is 0 Å². The number of non-ortho nitro benzene ring substituents is 1. The molecule has 156 valence electrons. The molecule has 1 unspecified atom stereocenters. The SMILES string of the molecule is COc1ccc([N+](=O)[O-])cc1NC(=O)C(C)N(c1cc(C)cc(C)c1)S(C)(=O)=O. The highest BCUT2D eigenvalue weighted by Gasteiger charge is 2.30. The zero-order valence-corrected chi connectivity index (χ0v) is 17.6. The van der Waals surface area contributed by atoms with Crippen LogP contribution in [0, 0.1) is 24.0 Å². The number of methoxy groups -OCH3 is 1. The van der Waals surface area contributed by atoms with Gasteiger partial charge >= 0.3 is 0 Å². The van der Waals surface area contributed by atoms with Gasteiger partial charge in [-0.3, -0.25) is 19.2 Å². The highest BCUT2D eigenvalue weighted by molar-refractivity contribution is 7.92. The zero-order chi connectivity index (χ0) is 21.9. The summed E-state index contributed by atoms with van der Waals surface area (Å²) in [5.74, 6) is -0.443. The van der Waals surface area contributed by atoms with Crippen LogP contribution in [0.4, 0.5) is 17.1 Å². The average molecular weight is 421 g/mol. The molecule has 0 heterocycles. The Morgan fingerprint density at radius 1 is 1.17 bits per heavy atom. The Morgan fingerprint density at radius 3 is 2.24 bits per heavy atom. The normalized spacial score (nSPS) is 12.2. The van der Waals surface area contributed by atoms with Crippen LogP contribution in [0.2, 0.25) is 0 Å². The van der Waals surface area contributed by atoms with E-state index >= 15 is 0 Å². The van der Waals surface area contributed by atoms with E-state index in [1.54, 1.807) is 12.1 Å². The summed E-state index contributed by atoms with van der Waals surface area (Å²) in [5, 5.41) is 13.6. The number of anilines is 2. The van der Waals surface area contributed by atoms with Crippen molar-refractivity contribution < 1.29 is 22.9 Å². The molecule has 0 bridgehead atoms. The molecule has 0 aliphatic rings. The first-order chi connectivity index (χ1) is 13.4. The van der Waals surface area contributed by atoms with Crippen molar-refractivity contribution in [2.75, 3.05) is 23.0 Å². The number of hydrogen-bond acceptors (Lipinski definition) is 6. The van der Waals surface area contributed by atoms with Gasteiger partial charge in [0.15, 0.2) is 0 Å². The summed E-state index contributed by atoms with van der Waals surface area (Å²) < 4.78 is 31.1. The van der Waals surface area contributed by atoms with Crippen molar-refractivity contribution in [2.24, 2.45) is 0 Å². The zero-order valence-electron chi connectivity index (χ0n) is 16.8. The van der Waals surface area contributed by atoms with E-state index in [9.17, 15) is 23.3 Å². The molecule has 1 amide bonds. The maximum absolute atomic E-state index is 12.9. The van der Waals surface area contributed by atoms with Gasteiger partial charge in [0.05, 0.1) is 29.7 Å². The van der Waals surface area contributed by atoms with Crippen molar-refractivity contribution in [1.82, 2.24) is 0 Å². The number of nitro groups is 1. The summed E-state index contributed by atoms with van der Waals surface area (Å²) >= 11 is 0. The number of carbonyl (C=O) groups excluding carboxylic acids is 1. The first-order valence-corrected chi connectivity index (χ1v) is 10.5. The minimum Gasteiger partial charge on any atom is -0.495 e. The third kappa shape index (κ3) is 5.23. The predicted octanol–water partition coefficient (Wildman–Crippen LogP) is 3.01. The highest BCUT2D eigenvalue weighted by Crippen LogP contribution is 2.30. The van der Waals surface area contributed by atoms with Gasteiger partial charge in [-0.15, -0.1) is 0 Å². The minimum absolute atomic E-state index is 0.0763. The van der Waals surface area contributed by atoms with Gasteiger partial charge in [0, 0.05) is 12.1 Å². The van der Waals surface area contributed by atoms with Crippen molar-refractivity contribution in [2.45, 2.75) is 26.8 Å². The molecule has 2 rings (SSSR count). The number of benzene rings is 2. The van der Waals surface area contributed by atoms with E-state index in [1.807, 2.05) is 19.9 Å². The molecule has 0 fully saturated rings. The molecule has 0 aliphatic carbocycles. The lowest BCUT2D eigenvalue weighted by Gasteiger charge is -2.29. The summed E-state index contributed by atoms with van der Waals surface area (Å²) in [6, 6.07) is 7.88. The predicted molar refractivity (Wildman–Crippen MR) is 111 cm³/mol. The van der Waals surface area contributed by atoms with Gasteiger partial charge in [-0.05, 0) is 50.1 Å². The maximum Gasteiger partial charge on any atom is 0.271 e. The van der Waals surface area contributed by atoms with Crippen molar-refractivity contribution in [3.8, 4) is 5.75 Å². The number of rotatable bonds is 7. The number of hydrogen-bond donors (Lipinski definition) is 1. The molecule has 0 saturated heterocycles. The molecule has 0 radical (unpaired) electrons. The van der Waals surface area contributed by atoms with Crippen LogP contribution in [0.3, 0.4) is 0 Å². The number of sulfonamides is 1. The lowest BCUT2D eigenvalue weighted by Crippen LogP contribution is -2.45. The molecule has 0 aliphatic heterocycles. The minimum atomic E-state index is -3.79. The second-order valence-corrected chi connectivity index (χ2v) is 8.57. The average Bonchev–Trinajstić information content (AvgIpc) is 2.59. The maximum atomic E-state index is 12.9. The van der Waals surface area contributed by atoms with E-state index in [2.05, 4.69) is 5.32 Å². The molecular weight excluding hydrogens is 398 g/mol. The van der Waals surface area contributed by atoms with Crippen LogP contribution >= 0.6 is 0 Å². The van der Waals surface area contributed by atoms with Gasteiger partial charge in [-0.1, -0.05) is 6.07 Å². The van der Waals surface area contributed by atoms with Crippen molar-refractivity contribution in [3.05, 3.63) is 57.6 Å². The fourth-order valence-corrected chi connectivity index (χ4v) is 4.19. The number of carbonyl (C=O) groups is 1. The van der Waals surface area contributed by atoms with E-state index in [1.165, 1.54) is 26.2 Å². The second-order valence-electron chi connectivity index (χ2n) is 6.71. The fourth-order valence-electron chi connectivity index (χ4n) is 3.03. The van der Waals surface area contributed by atoms with Gasteiger partial charge in [0.1, 0.15) is 11.8 Å². The second kappa shape index (κ2) is 8.48. The van der Waals surface area contributed by atoms with Crippen LogP contribution < -0.4 is 14.4 Å². The third-order valence-corrected chi connectivity index (χ3v) is 5.44. The molecule has 29 heavy (non-hydrogen) atoms. The van der Waals surface area contributed by atoms with Crippen molar-refractivity contribution >= 4 is 33.0 Å². The number of ether oxygens (including phenoxy) is 1. The summed E-state index contributed by atoms with van der Waals surface area (Å²) in [7, 11) is -2.43. The molecule has 10 heteroatoms. The summed E-state index contributed by atoms with van der Waals surface area (Å²) in [6.07, 6.45) is 1.02. The molecular formula is C19H23N3O6S. The number of nitrogens with zero attached hydrogens (tertiary/aromatic N) is 2. The largest absolute Gasteiger partial charge is 0.495 e. The highest BCUT2D eigenvalue weighted by atomic mass is 32.2. The number of nitro benzene ring substituents is 1. The lowest BCUT2D eigenvalue weighted by atomic mass is 10.1. The number of amides is 1. The fraction of sp³-hybridized carbons (Fsp3) is 0.316. The summed E-state index contributed by atoms with van der Waals surface area (Å²) in [6.45, 7) is 5.10. The van der Waals surface area contributed by atoms with Crippen LogP contribution in [-0.4, -0.2) is 38.7 Å². The Balaban J connectivity index is 2.43. The van der Waals surface area contributed by atoms with E-state index in [0.29, 0.717) is 5.69 Å². The van der Waals surface area contributed by atoms with Gasteiger partial charge in [0.2, 0.25) is 15.9 Å². The Bertz CT molecular complexity index is 1030. The number of nitrogens with one attached hydrogen (secondary N) is 1. The lowest BCUT2D eigenvalue weighted by molar-refractivity contribution is -0.384. The van der Waals surface area contributed by atoms with Gasteiger partial charge in [-0.25, -0.2) is 8.42 Å². The number of aryl methyl sites for hydroxylation is 2. The van der Waals surface area contributed by atoms with Gasteiger partial charge in [0.25, 0.3) is 5.69 Å². The Labute approximate surface area is 169 Å². The Kier molecular flexibility index (Phi) is 6.48. The molecule has 0 saturated carbocycles. The monoisotopic (exact) mass is 421 g/mol. The van der Waals surface area contributed by atoms with E-state index in [-0.39, 0.29) is 17.1 Å². The van der Waals surface area contributed by atoms with Crippen LogP contribution in [0.25, 0.3) is 0 Å². The molecule has 2 aromatic carbocycles. The van der Waals surface area contributed by atoms with E-state index in [0.717, 1.165) is 27.8 Å². The molecule has 2 aromatic rings. The smallest absolute Gasteiger partial charge is 0.271 e. The molecule has 1 atom stereocenters. The standard InChI is InChI=1S/C19H23N3O6S/c1-12-8-13(2)10-16(9-12)21(29(5,26)27)14(3)19(23)20-17-11-15(22(24)25)6-7-18(17)28-4/h6-11,14H,1-5H3,(H,20,23). The Hall–Kier alpha value is -3.14. The molecule has 0 spiro atoms. The first kappa shape index (κ1) is 22.2. The van der Waals surface area contributed by atoms with Gasteiger partial charge in [-0.2, -0.15) is 0 Å². The van der Waals surface area contributed by atoms with Crippen LogP contribution in [0.1, 0.15) is 18.1 Å². The van der Waals surface area contributed by atoms with E-state index in [4.69, 9.17) is 4.74 Å². The molecule has 9 nitrogen and oxygen atoms in total. The summed E-state index contributed by atoms with van der Waals surface area (Å²) in [4.78, 5) is 23.3. The third-order valence-electron chi connectivity index (χ3n) is 4.20. The van der Waals surface area contributed by atoms with Crippen LogP contribution in [-0.2, 0) is 14.8 Å². The Morgan fingerprint density at radius 2 is 1.76 bits per heavy atom. The molecule has 1 N–H and O–H groups in total. The topological polar surface area (TPSA) is 119 Å².